The Hall–Kier alpha value is -2.15. The van der Waals surface area contributed by atoms with Crippen molar-refractivity contribution >= 4 is 23.5 Å². The van der Waals surface area contributed by atoms with Gasteiger partial charge in [-0.3, -0.25) is 0 Å². The van der Waals surface area contributed by atoms with Gasteiger partial charge in [0.2, 0.25) is 5.82 Å². The van der Waals surface area contributed by atoms with E-state index in [9.17, 15) is 9.18 Å². The van der Waals surface area contributed by atoms with E-state index in [0.29, 0.717) is 27.8 Å². The van der Waals surface area contributed by atoms with Crippen LogP contribution in [0.15, 0.2) is 34.1 Å². The second-order valence-electron chi connectivity index (χ2n) is 4.18. The van der Waals surface area contributed by atoms with E-state index >= 15 is 0 Å². The average molecular weight is 307 g/mol. The highest BCUT2D eigenvalue weighted by Crippen LogP contribution is 2.35. The number of carboxylic acids is 1. The lowest BCUT2D eigenvalue weighted by molar-refractivity contribution is 0.0683. The molecule has 2 aromatic rings. The van der Waals surface area contributed by atoms with Gasteiger partial charge in [-0.1, -0.05) is 23.9 Å². The van der Waals surface area contributed by atoms with E-state index in [4.69, 9.17) is 5.11 Å². The fourth-order valence-corrected chi connectivity index (χ4v) is 2.65. The lowest BCUT2D eigenvalue weighted by atomic mass is 10.3. The zero-order valence-electron chi connectivity index (χ0n) is 11.6. The Kier molecular flexibility index (Phi) is 4.74. The van der Waals surface area contributed by atoms with E-state index < -0.39 is 5.97 Å². The summed E-state index contributed by atoms with van der Waals surface area (Å²) in [6.45, 7) is 4.12. The van der Waals surface area contributed by atoms with Gasteiger partial charge in [-0.05, 0) is 26.0 Å². The Labute approximate surface area is 125 Å². The molecule has 110 valence electrons. The highest BCUT2D eigenvalue weighted by atomic mass is 32.2. The zero-order valence-corrected chi connectivity index (χ0v) is 12.4. The number of nitrogens with zero attached hydrogens (tertiary/aromatic N) is 2. The number of aromatic nitrogens is 2. The number of nitrogens with one attached hydrogen (secondary N) is 1. The second-order valence-corrected chi connectivity index (χ2v) is 5.23. The number of rotatable bonds is 5. The molecule has 0 saturated heterocycles. The Morgan fingerprint density at radius 2 is 2.10 bits per heavy atom. The standard InChI is InChI=1S/C14H14FN3O2S/c1-3-16-12-11(8(2)17-13(18-12)14(19)20)21-10-7-5-4-6-9(10)15/h4-7H,3H2,1-2H3,(H,19,20)(H,16,17,18). The van der Waals surface area contributed by atoms with Crippen molar-refractivity contribution in [3.8, 4) is 0 Å². The van der Waals surface area contributed by atoms with E-state index in [1.165, 1.54) is 17.8 Å². The first-order valence-electron chi connectivity index (χ1n) is 6.31. The number of hydrogen-bond donors (Lipinski definition) is 2. The largest absolute Gasteiger partial charge is 0.475 e. The molecule has 1 heterocycles. The van der Waals surface area contributed by atoms with Crippen LogP contribution in [0.5, 0.6) is 0 Å². The molecule has 21 heavy (non-hydrogen) atoms. The Morgan fingerprint density at radius 1 is 1.38 bits per heavy atom. The topological polar surface area (TPSA) is 75.1 Å². The molecule has 0 amide bonds. The molecule has 7 heteroatoms. The molecule has 0 radical (unpaired) electrons. The van der Waals surface area contributed by atoms with Crippen molar-refractivity contribution in [3.05, 3.63) is 41.6 Å². The molecule has 1 aromatic carbocycles. The van der Waals surface area contributed by atoms with E-state index in [1.54, 1.807) is 25.1 Å². The first kappa shape index (κ1) is 15.2. The minimum absolute atomic E-state index is 0.277. The summed E-state index contributed by atoms with van der Waals surface area (Å²) in [6.07, 6.45) is 0. The maximum absolute atomic E-state index is 13.8. The van der Waals surface area contributed by atoms with Crippen LogP contribution in [0.3, 0.4) is 0 Å². The molecule has 2 rings (SSSR count). The van der Waals surface area contributed by atoms with Crippen molar-refractivity contribution in [2.45, 2.75) is 23.6 Å². The van der Waals surface area contributed by atoms with Gasteiger partial charge in [-0.25, -0.2) is 19.2 Å². The summed E-state index contributed by atoms with van der Waals surface area (Å²) in [5, 5.41) is 12.0. The molecule has 0 unspecified atom stereocenters. The van der Waals surface area contributed by atoms with Gasteiger partial charge in [-0.15, -0.1) is 0 Å². The van der Waals surface area contributed by atoms with Gasteiger partial charge in [0.1, 0.15) is 11.6 Å². The normalized spacial score (nSPS) is 10.4. The van der Waals surface area contributed by atoms with Gasteiger partial charge in [-0.2, -0.15) is 0 Å². The second kappa shape index (κ2) is 6.53. The van der Waals surface area contributed by atoms with Gasteiger partial charge in [0.25, 0.3) is 0 Å². The number of hydrogen-bond acceptors (Lipinski definition) is 5. The van der Waals surface area contributed by atoms with Gasteiger partial charge < -0.3 is 10.4 Å². The molecular formula is C14H14FN3O2S. The molecule has 0 bridgehead atoms. The Balaban J connectivity index is 2.47. The van der Waals surface area contributed by atoms with E-state index in [-0.39, 0.29) is 11.6 Å². The van der Waals surface area contributed by atoms with Crippen LogP contribution in [0, 0.1) is 12.7 Å². The Morgan fingerprint density at radius 3 is 2.71 bits per heavy atom. The third-order valence-electron chi connectivity index (χ3n) is 2.62. The van der Waals surface area contributed by atoms with Crippen molar-refractivity contribution in [2.24, 2.45) is 0 Å². The molecule has 2 N–H and O–H groups in total. The fraction of sp³-hybridized carbons (Fsp3) is 0.214. The van der Waals surface area contributed by atoms with Crippen LogP contribution < -0.4 is 5.32 Å². The van der Waals surface area contributed by atoms with Crippen molar-refractivity contribution in [1.82, 2.24) is 9.97 Å². The molecule has 0 aliphatic carbocycles. The van der Waals surface area contributed by atoms with E-state index in [2.05, 4.69) is 15.3 Å². The maximum Gasteiger partial charge on any atom is 0.374 e. The maximum atomic E-state index is 13.8. The van der Waals surface area contributed by atoms with Crippen LogP contribution in [-0.2, 0) is 0 Å². The number of aryl methyl sites for hydroxylation is 1. The van der Waals surface area contributed by atoms with Crippen LogP contribution in [0.25, 0.3) is 0 Å². The number of halogens is 1. The van der Waals surface area contributed by atoms with Crippen molar-refractivity contribution in [3.63, 3.8) is 0 Å². The molecule has 0 saturated carbocycles. The number of benzene rings is 1. The van der Waals surface area contributed by atoms with Crippen LogP contribution in [0.1, 0.15) is 23.2 Å². The minimum Gasteiger partial charge on any atom is -0.475 e. The monoisotopic (exact) mass is 307 g/mol. The number of carbonyl (C=O) groups is 1. The number of carboxylic acid groups (broad SMARTS) is 1. The molecule has 0 aliphatic heterocycles. The molecule has 0 spiro atoms. The number of anilines is 1. The highest BCUT2D eigenvalue weighted by molar-refractivity contribution is 7.99. The van der Waals surface area contributed by atoms with E-state index in [1.807, 2.05) is 6.92 Å². The van der Waals surface area contributed by atoms with Gasteiger partial charge in [0.15, 0.2) is 0 Å². The Bertz CT molecular complexity index is 679. The lowest BCUT2D eigenvalue weighted by Crippen LogP contribution is -2.11. The van der Waals surface area contributed by atoms with Crippen molar-refractivity contribution in [1.29, 1.82) is 0 Å². The average Bonchev–Trinajstić information content (AvgIpc) is 2.44. The predicted octanol–water partition coefficient (Wildman–Crippen LogP) is 3.21. The van der Waals surface area contributed by atoms with Crippen LogP contribution >= 0.6 is 11.8 Å². The summed E-state index contributed by atoms with van der Waals surface area (Å²) in [7, 11) is 0. The zero-order chi connectivity index (χ0) is 15.4. The summed E-state index contributed by atoms with van der Waals surface area (Å²) in [5.41, 5.74) is 0.492. The van der Waals surface area contributed by atoms with Crippen LogP contribution in [0.2, 0.25) is 0 Å². The molecular weight excluding hydrogens is 293 g/mol. The van der Waals surface area contributed by atoms with Crippen LogP contribution in [0.4, 0.5) is 10.2 Å². The van der Waals surface area contributed by atoms with Gasteiger partial charge >= 0.3 is 5.97 Å². The third-order valence-corrected chi connectivity index (χ3v) is 3.86. The fourth-order valence-electron chi connectivity index (χ4n) is 1.71. The summed E-state index contributed by atoms with van der Waals surface area (Å²) in [5.74, 6) is -1.41. The van der Waals surface area contributed by atoms with Gasteiger partial charge in [0, 0.05) is 11.4 Å². The summed E-state index contributed by atoms with van der Waals surface area (Å²) < 4.78 is 13.8. The highest BCUT2D eigenvalue weighted by Gasteiger charge is 2.17. The summed E-state index contributed by atoms with van der Waals surface area (Å²) in [6, 6.07) is 6.37. The molecule has 5 nitrogen and oxygen atoms in total. The SMILES string of the molecule is CCNc1nc(C(=O)O)nc(C)c1Sc1ccccc1F. The van der Waals surface area contributed by atoms with Crippen molar-refractivity contribution in [2.75, 3.05) is 11.9 Å². The first-order valence-corrected chi connectivity index (χ1v) is 7.12. The van der Waals surface area contributed by atoms with E-state index in [0.717, 1.165) is 0 Å². The van der Waals surface area contributed by atoms with Gasteiger partial charge in [0.05, 0.1) is 10.6 Å². The molecule has 0 atom stereocenters. The molecule has 0 fully saturated rings. The predicted molar refractivity (Wildman–Crippen MR) is 78.4 cm³/mol. The quantitative estimate of drug-likeness (QED) is 0.883. The third kappa shape index (κ3) is 3.49. The first-order chi connectivity index (χ1) is 10.0. The number of aromatic carboxylic acids is 1. The summed E-state index contributed by atoms with van der Waals surface area (Å²) in [4.78, 5) is 20.0. The van der Waals surface area contributed by atoms with Crippen LogP contribution in [-0.4, -0.2) is 27.6 Å². The summed E-state index contributed by atoms with van der Waals surface area (Å²) >= 11 is 1.17. The molecule has 0 aliphatic rings. The lowest BCUT2D eigenvalue weighted by Gasteiger charge is -2.12. The smallest absolute Gasteiger partial charge is 0.374 e. The minimum atomic E-state index is -1.19. The molecule has 1 aromatic heterocycles. The van der Waals surface area contributed by atoms with Crippen molar-refractivity contribution < 1.29 is 14.3 Å².